The van der Waals surface area contributed by atoms with Gasteiger partial charge in [0.1, 0.15) is 5.75 Å². The molecule has 0 saturated heterocycles. The number of benzene rings is 2. The molecule has 0 saturated carbocycles. The summed E-state index contributed by atoms with van der Waals surface area (Å²) in [6, 6.07) is 13.1. The molecule has 0 spiro atoms. The molecule has 1 aliphatic rings. The smallest absolute Gasteiger partial charge is 0.344 e. The van der Waals surface area contributed by atoms with E-state index in [1.807, 2.05) is 24.3 Å². The van der Waals surface area contributed by atoms with Gasteiger partial charge in [0.05, 0.1) is 0 Å². The lowest BCUT2D eigenvalue weighted by molar-refractivity contribution is -0.145. The van der Waals surface area contributed by atoms with Gasteiger partial charge >= 0.3 is 5.97 Å². The molecular weight excluding hydrogens is 316 g/mol. The van der Waals surface area contributed by atoms with Crippen LogP contribution in [0.25, 0.3) is 0 Å². The maximum absolute atomic E-state index is 12.5. The van der Waals surface area contributed by atoms with Gasteiger partial charge in [0, 0.05) is 12.0 Å². The van der Waals surface area contributed by atoms with E-state index in [1.54, 1.807) is 19.1 Å². The number of hydrogen-bond acceptors (Lipinski definition) is 3. The molecule has 0 radical (unpaired) electrons. The molecule has 0 heterocycles. The van der Waals surface area contributed by atoms with E-state index in [9.17, 15) is 9.59 Å². The highest BCUT2D eigenvalue weighted by molar-refractivity contribution is 5.97. The fourth-order valence-electron chi connectivity index (χ4n) is 3.19. The van der Waals surface area contributed by atoms with Crippen molar-refractivity contribution in [1.82, 2.24) is 0 Å². The zero-order chi connectivity index (χ0) is 17.8. The zero-order valence-electron chi connectivity index (χ0n) is 14.3. The first-order chi connectivity index (χ1) is 12.1. The van der Waals surface area contributed by atoms with Gasteiger partial charge < -0.3 is 9.84 Å². The summed E-state index contributed by atoms with van der Waals surface area (Å²) in [5.74, 6) is -0.373. The monoisotopic (exact) mass is 338 g/mol. The Morgan fingerprint density at radius 1 is 1.08 bits per heavy atom. The highest BCUT2D eigenvalue weighted by Gasteiger charge is 2.17. The molecule has 4 nitrogen and oxygen atoms in total. The second-order valence-corrected chi connectivity index (χ2v) is 6.43. The average molecular weight is 338 g/mol. The molecule has 1 aliphatic carbocycles. The lowest BCUT2D eigenvalue weighted by Gasteiger charge is -2.13. The van der Waals surface area contributed by atoms with E-state index in [1.165, 1.54) is 17.5 Å². The second-order valence-electron chi connectivity index (χ2n) is 6.43. The van der Waals surface area contributed by atoms with Gasteiger partial charge in [-0.05, 0) is 60.6 Å². The molecule has 2 aromatic rings. The summed E-state index contributed by atoms with van der Waals surface area (Å²) in [6.45, 7) is 1.77. The molecule has 0 amide bonds. The standard InChI is InChI=1S/C21H22O4/c1-2-20(21(23)24)25-18-10-6-14(7-11-18)12-19(22)17-9-8-15-4-3-5-16(15)13-17/h6-11,13,20H,2-5,12H2,1H3,(H,23,24). The third-order valence-electron chi connectivity index (χ3n) is 4.63. The van der Waals surface area contributed by atoms with Crippen LogP contribution in [0.3, 0.4) is 0 Å². The van der Waals surface area contributed by atoms with Crippen molar-refractivity contribution in [3.05, 3.63) is 64.7 Å². The molecule has 1 unspecified atom stereocenters. The summed E-state index contributed by atoms with van der Waals surface area (Å²) >= 11 is 0. The lowest BCUT2D eigenvalue weighted by atomic mass is 9.99. The summed E-state index contributed by atoms with van der Waals surface area (Å²) in [4.78, 5) is 23.5. The van der Waals surface area contributed by atoms with Gasteiger partial charge in [-0.25, -0.2) is 4.79 Å². The van der Waals surface area contributed by atoms with Gasteiger partial charge in [-0.2, -0.15) is 0 Å². The first kappa shape index (κ1) is 17.2. The maximum atomic E-state index is 12.5. The van der Waals surface area contributed by atoms with Gasteiger partial charge in [0.25, 0.3) is 0 Å². The van der Waals surface area contributed by atoms with Gasteiger partial charge in [-0.15, -0.1) is 0 Å². The molecule has 25 heavy (non-hydrogen) atoms. The van der Waals surface area contributed by atoms with Crippen LogP contribution in [0.2, 0.25) is 0 Å². The molecule has 130 valence electrons. The Hall–Kier alpha value is -2.62. The quantitative estimate of drug-likeness (QED) is 0.779. The molecule has 0 bridgehead atoms. The Balaban J connectivity index is 1.65. The van der Waals surface area contributed by atoms with Crippen molar-refractivity contribution in [2.45, 2.75) is 45.1 Å². The van der Waals surface area contributed by atoms with E-state index in [4.69, 9.17) is 9.84 Å². The van der Waals surface area contributed by atoms with E-state index < -0.39 is 12.1 Å². The third-order valence-corrected chi connectivity index (χ3v) is 4.63. The minimum atomic E-state index is -0.974. The molecular formula is C21H22O4. The van der Waals surface area contributed by atoms with Crippen LogP contribution in [0.5, 0.6) is 5.75 Å². The van der Waals surface area contributed by atoms with Crippen molar-refractivity contribution < 1.29 is 19.4 Å². The highest BCUT2D eigenvalue weighted by atomic mass is 16.5. The van der Waals surface area contributed by atoms with Crippen LogP contribution >= 0.6 is 0 Å². The number of aryl methyl sites for hydroxylation is 2. The Labute approximate surface area is 147 Å². The van der Waals surface area contributed by atoms with Crippen LogP contribution in [0.15, 0.2) is 42.5 Å². The Bertz CT molecular complexity index is 777. The third kappa shape index (κ3) is 4.08. The van der Waals surface area contributed by atoms with Crippen LogP contribution < -0.4 is 4.74 Å². The molecule has 1 N–H and O–H groups in total. The van der Waals surface area contributed by atoms with E-state index >= 15 is 0 Å². The Kier molecular flexibility index (Phi) is 5.17. The predicted octanol–water partition coefficient (Wildman–Crippen LogP) is 3.84. The number of hydrogen-bond donors (Lipinski definition) is 1. The predicted molar refractivity (Wildman–Crippen MR) is 95.3 cm³/mol. The number of rotatable bonds is 7. The number of carboxylic acid groups (broad SMARTS) is 1. The Morgan fingerprint density at radius 3 is 2.48 bits per heavy atom. The van der Waals surface area contributed by atoms with Gasteiger partial charge in [0.15, 0.2) is 11.9 Å². The maximum Gasteiger partial charge on any atom is 0.344 e. The van der Waals surface area contributed by atoms with Crippen LogP contribution in [-0.4, -0.2) is 23.0 Å². The van der Waals surface area contributed by atoms with Gasteiger partial charge in [-0.3, -0.25) is 4.79 Å². The minimum Gasteiger partial charge on any atom is -0.479 e. The molecule has 2 aromatic carbocycles. The number of carbonyl (C=O) groups excluding carboxylic acids is 1. The van der Waals surface area contributed by atoms with Gasteiger partial charge in [-0.1, -0.05) is 31.2 Å². The SMILES string of the molecule is CCC(Oc1ccc(CC(=O)c2ccc3c(c2)CCC3)cc1)C(=O)O. The number of fused-ring (bicyclic) bond motifs is 1. The average Bonchev–Trinajstić information content (AvgIpc) is 3.08. The topological polar surface area (TPSA) is 63.6 Å². The molecule has 1 atom stereocenters. The van der Waals surface area contributed by atoms with Crippen molar-refractivity contribution in [2.24, 2.45) is 0 Å². The van der Waals surface area contributed by atoms with E-state index in [2.05, 4.69) is 6.07 Å². The fraction of sp³-hybridized carbons (Fsp3) is 0.333. The van der Waals surface area contributed by atoms with Gasteiger partial charge in [0.2, 0.25) is 0 Å². The molecule has 3 rings (SSSR count). The number of ether oxygens (including phenoxy) is 1. The summed E-state index contributed by atoms with van der Waals surface area (Å²) in [5.41, 5.74) is 4.31. The fourth-order valence-corrected chi connectivity index (χ4v) is 3.19. The van der Waals surface area contributed by atoms with Crippen molar-refractivity contribution in [3.8, 4) is 5.75 Å². The summed E-state index contributed by atoms with van der Waals surface area (Å²) < 4.78 is 5.44. The van der Waals surface area contributed by atoms with Crippen LogP contribution in [0.1, 0.15) is 46.8 Å². The normalized spacial score (nSPS) is 14.0. The van der Waals surface area contributed by atoms with Crippen molar-refractivity contribution in [3.63, 3.8) is 0 Å². The van der Waals surface area contributed by atoms with Crippen molar-refractivity contribution in [1.29, 1.82) is 0 Å². The summed E-state index contributed by atoms with van der Waals surface area (Å²) in [7, 11) is 0. The summed E-state index contributed by atoms with van der Waals surface area (Å²) in [5, 5.41) is 9.03. The van der Waals surface area contributed by atoms with Crippen LogP contribution in [0.4, 0.5) is 0 Å². The molecule has 0 aromatic heterocycles. The van der Waals surface area contributed by atoms with E-state index in [-0.39, 0.29) is 5.78 Å². The first-order valence-corrected chi connectivity index (χ1v) is 8.70. The van der Waals surface area contributed by atoms with E-state index in [0.29, 0.717) is 18.6 Å². The zero-order valence-corrected chi connectivity index (χ0v) is 14.3. The number of ketones is 1. The summed E-state index contributed by atoms with van der Waals surface area (Å²) in [6.07, 6.45) is 3.22. The first-order valence-electron chi connectivity index (χ1n) is 8.70. The molecule has 0 fully saturated rings. The number of carbonyl (C=O) groups is 2. The molecule has 0 aliphatic heterocycles. The second kappa shape index (κ2) is 7.51. The van der Waals surface area contributed by atoms with E-state index in [0.717, 1.165) is 24.0 Å². The number of aliphatic carboxylic acids is 1. The number of Topliss-reactive ketones (excluding diaryl/α,β-unsaturated/α-hetero) is 1. The highest BCUT2D eigenvalue weighted by Crippen LogP contribution is 2.24. The lowest BCUT2D eigenvalue weighted by Crippen LogP contribution is -2.25. The van der Waals surface area contributed by atoms with Crippen LogP contribution in [-0.2, 0) is 24.1 Å². The molecule has 4 heteroatoms. The number of carboxylic acids is 1. The minimum absolute atomic E-state index is 0.0975. The van der Waals surface area contributed by atoms with Crippen molar-refractivity contribution >= 4 is 11.8 Å². The Morgan fingerprint density at radius 2 is 1.80 bits per heavy atom. The largest absolute Gasteiger partial charge is 0.479 e. The van der Waals surface area contributed by atoms with Crippen molar-refractivity contribution in [2.75, 3.05) is 0 Å². The van der Waals surface area contributed by atoms with Crippen LogP contribution in [0, 0.1) is 0 Å².